The van der Waals surface area contributed by atoms with Gasteiger partial charge in [0.15, 0.2) is 0 Å². The monoisotopic (exact) mass is 255 g/mol. The van der Waals surface area contributed by atoms with E-state index in [4.69, 9.17) is 0 Å². The van der Waals surface area contributed by atoms with Crippen molar-refractivity contribution in [1.82, 2.24) is 5.32 Å². The first-order valence-corrected chi connectivity index (χ1v) is 7.70. The minimum Gasteiger partial charge on any atom is -0.345 e. The van der Waals surface area contributed by atoms with Gasteiger partial charge in [-0.1, -0.05) is 43.9 Å². The second-order valence-corrected chi connectivity index (χ2v) is 6.22. The molecule has 1 N–H and O–H groups in total. The molecule has 2 aliphatic rings. The molecule has 0 unspecified atom stereocenters. The molecule has 1 aliphatic heterocycles. The van der Waals surface area contributed by atoms with Crippen LogP contribution in [-0.2, 0) is 9.59 Å². The van der Waals surface area contributed by atoms with Gasteiger partial charge in [0.25, 0.3) is 0 Å². The maximum Gasteiger partial charge on any atom is 0.220 e. The molecule has 0 aromatic carbocycles. The van der Waals surface area contributed by atoms with Gasteiger partial charge in [-0.3, -0.25) is 9.59 Å². The highest BCUT2D eigenvalue weighted by Crippen LogP contribution is 2.27. The number of thioether (sulfide) groups is 1. The average Bonchev–Trinajstić information content (AvgIpc) is 2.74. The summed E-state index contributed by atoms with van der Waals surface area (Å²) in [4.78, 5) is 23.1. The van der Waals surface area contributed by atoms with E-state index in [1.165, 1.54) is 43.9 Å². The molecule has 1 amide bonds. The summed E-state index contributed by atoms with van der Waals surface area (Å²) < 4.78 is 0. The van der Waals surface area contributed by atoms with Crippen LogP contribution < -0.4 is 5.32 Å². The first kappa shape index (κ1) is 12.9. The van der Waals surface area contributed by atoms with Gasteiger partial charge in [-0.25, -0.2) is 0 Å². The zero-order chi connectivity index (χ0) is 12.1. The van der Waals surface area contributed by atoms with Gasteiger partial charge in [0.05, 0.1) is 6.04 Å². The fraction of sp³-hybridized carbons (Fsp3) is 0.846. The minimum atomic E-state index is -0.209. The molecular formula is C13H21NO2S. The lowest BCUT2D eigenvalue weighted by Gasteiger charge is -2.21. The predicted octanol–water partition coefficient (Wildman–Crippen LogP) is 2.50. The summed E-state index contributed by atoms with van der Waals surface area (Å²) in [6.07, 6.45) is 8.97. The van der Waals surface area contributed by atoms with Crippen molar-refractivity contribution in [3.8, 4) is 0 Å². The summed E-state index contributed by atoms with van der Waals surface area (Å²) in [5, 5.41) is 2.99. The van der Waals surface area contributed by atoms with Gasteiger partial charge in [-0.05, 0) is 18.8 Å². The summed E-state index contributed by atoms with van der Waals surface area (Å²) in [6, 6.07) is -0.209. The maximum absolute atomic E-state index is 11.7. The summed E-state index contributed by atoms with van der Waals surface area (Å²) in [7, 11) is 0. The Morgan fingerprint density at radius 2 is 2.00 bits per heavy atom. The van der Waals surface area contributed by atoms with Gasteiger partial charge in [0.1, 0.15) is 0 Å². The Balaban J connectivity index is 1.64. The van der Waals surface area contributed by atoms with E-state index in [1.54, 1.807) is 0 Å². The van der Waals surface area contributed by atoms with E-state index < -0.39 is 0 Å². The Bertz CT molecular complexity index is 287. The van der Waals surface area contributed by atoms with Crippen LogP contribution in [-0.4, -0.2) is 22.8 Å². The van der Waals surface area contributed by atoms with Crippen molar-refractivity contribution < 1.29 is 9.59 Å². The lowest BCUT2D eigenvalue weighted by Crippen LogP contribution is -2.37. The maximum atomic E-state index is 11.7. The Labute approximate surface area is 107 Å². The van der Waals surface area contributed by atoms with Crippen molar-refractivity contribution in [2.45, 2.75) is 57.4 Å². The molecule has 0 aromatic heterocycles. The van der Waals surface area contributed by atoms with Gasteiger partial charge >= 0.3 is 0 Å². The van der Waals surface area contributed by atoms with Crippen LogP contribution in [0.2, 0.25) is 0 Å². The minimum absolute atomic E-state index is 0.0661. The molecule has 4 heteroatoms. The molecular weight excluding hydrogens is 234 g/mol. The second-order valence-electron chi connectivity index (χ2n) is 5.12. The molecule has 96 valence electrons. The number of nitrogens with one attached hydrogen (secondary N) is 1. The van der Waals surface area contributed by atoms with Crippen LogP contribution in [0.3, 0.4) is 0 Å². The highest BCUT2D eigenvalue weighted by Gasteiger charge is 2.26. The Morgan fingerprint density at radius 1 is 1.24 bits per heavy atom. The molecule has 0 spiro atoms. The molecule has 17 heavy (non-hydrogen) atoms. The molecule has 0 bridgehead atoms. The SMILES string of the molecule is O=C(CCC1CCCCC1)N[C@H]1CCSC1=O. The van der Waals surface area contributed by atoms with Crippen LogP contribution in [0, 0.1) is 5.92 Å². The van der Waals surface area contributed by atoms with E-state index in [9.17, 15) is 9.59 Å². The van der Waals surface area contributed by atoms with E-state index in [0.29, 0.717) is 6.42 Å². The molecule has 0 radical (unpaired) electrons. The lowest BCUT2D eigenvalue weighted by atomic mass is 9.86. The number of rotatable bonds is 4. The van der Waals surface area contributed by atoms with E-state index >= 15 is 0 Å². The summed E-state index contributed by atoms with van der Waals surface area (Å²) >= 11 is 1.34. The van der Waals surface area contributed by atoms with Gasteiger partial charge in [-0.15, -0.1) is 0 Å². The molecule has 0 aromatic rings. The summed E-state index contributed by atoms with van der Waals surface area (Å²) in [5.41, 5.74) is 0. The number of hydrogen-bond acceptors (Lipinski definition) is 3. The fourth-order valence-corrected chi connectivity index (χ4v) is 3.64. The highest BCUT2D eigenvalue weighted by atomic mass is 32.2. The van der Waals surface area contributed by atoms with Gasteiger partial charge < -0.3 is 5.32 Å². The van der Waals surface area contributed by atoms with E-state index in [2.05, 4.69) is 5.32 Å². The van der Waals surface area contributed by atoms with Crippen LogP contribution in [0.15, 0.2) is 0 Å². The zero-order valence-electron chi connectivity index (χ0n) is 10.2. The number of hydrogen-bond donors (Lipinski definition) is 1. The Kier molecular flexibility index (Phi) is 4.89. The molecule has 1 heterocycles. The molecule has 1 aliphatic carbocycles. The number of amides is 1. The van der Waals surface area contributed by atoms with E-state index in [1.807, 2.05) is 0 Å². The standard InChI is InChI=1S/C13H21NO2S/c15-12(14-11-8-9-17-13(11)16)7-6-10-4-2-1-3-5-10/h10-11H,1-9H2,(H,14,15)/t11-/m0/s1. The normalized spacial score (nSPS) is 26.1. The topological polar surface area (TPSA) is 46.2 Å². The quantitative estimate of drug-likeness (QED) is 0.839. The third-order valence-electron chi connectivity index (χ3n) is 3.77. The van der Waals surface area contributed by atoms with Crippen LogP contribution in [0.4, 0.5) is 0 Å². The van der Waals surface area contributed by atoms with Crippen molar-refractivity contribution in [2.24, 2.45) is 5.92 Å². The first-order chi connectivity index (χ1) is 8.25. The van der Waals surface area contributed by atoms with Crippen LogP contribution in [0.5, 0.6) is 0 Å². The summed E-state index contributed by atoms with van der Waals surface area (Å²) in [5.74, 6) is 1.66. The third-order valence-corrected chi connectivity index (χ3v) is 4.78. The second kappa shape index (κ2) is 6.43. The molecule has 2 fully saturated rings. The van der Waals surface area contributed by atoms with Crippen LogP contribution in [0.1, 0.15) is 51.4 Å². The van der Waals surface area contributed by atoms with E-state index in [-0.39, 0.29) is 17.1 Å². The number of carbonyl (C=O) groups is 2. The summed E-state index contributed by atoms with van der Waals surface area (Å²) in [6.45, 7) is 0. The predicted molar refractivity (Wildman–Crippen MR) is 69.8 cm³/mol. The first-order valence-electron chi connectivity index (χ1n) is 6.71. The van der Waals surface area contributed by atoms with Gasteiger partial charge in [0, 0.05) is 12.2 Å². The average molecular weight is 255 g/mol. The van der Waals surface area contributed by atoms with Crippen LogP contribution >= 0.6 is 11.8 Å². The van der Waals surface area contributed by atoms with Crippen molar-refractivity contribution in [3.05, 3.63) is 0 Å². The largest absolute Gasteiger partial charge is 0.345 e. The lowest BCUT2D eigenvalue weighted by molar-refractivity contribution is -0.124. The van der Waals surface area contributed by atoms with Crippen LogP contribution in [0.25, 0.3) is 0 Å². The number of carbonyl (C=O) groups excluding carboxylic acids is 2. The van der Waals surface area contributed by atoms with Crippen molar-refractivity contribution in [3.63, 3.8) is 0 Å². The third kappa shape index (κ3) is 4.02. The van der Waals surface area contributed by atoms with Gasteiger partial charge in [-0.2, -0.15) is 0 Å². The smallest absolute Gasteiger partial charge is 0.220 e. The molecule has 1 atom stereocenters. The zero-order valence-corrected chi connectivity index (χ0v) is 11.1. The van der Waals surface area contributed by atoms with E-state index in [0.717, 1.165) is 24.5 Å². The highest BCUT2D eigenvalue weighted by molar-refractivity contribution is 8.14. The Hall–Kier alpha value is -0.510. The molecule has 1 saturated carbocycles. The van der Waals surface area contributed by atoms with Crippen molar-refractivity contribution in [1.29, 1.82) is 0 Å². The van der Waals surface area contributed by atoms with Crippen molar-refractivity contribution in [2.75, 3.05) is 5.75 Å². The Morgan fingerprint density at radius 3 is 2.65 bits per heavy atom. The van der Waals surface area contributed by atoms with Crippen molar-refractivity contribution >= 4 is 22.8 Å². The molecule has 1 saturated heterocycles. The molecule has 2 rings (SSSR count). The van der Waals surface area contributed by atoms with Gasteiger partial charge in [0.2, 0.25) is 11.0 Å². The fourth-order valence-electron chi connectivity index (χ4n) is 2.70. The molecule has 3 nitrogen and oxygen atoms in total.